The summed E-state index contributed by atoms with van der Waals surface area (Å²) in [6, 6.07) is 13.4. The lowest BCUT2D eigenvalue weighted by atomic mass is 10.0. The largest absolute Gasteiger partial charge is 0.479 e. The van der Waals surface area contributed by atoms with Crippen molar-refractivity contribution in [1.29, 1.82) is 0 Å². The minimum Gasteiger partial charge on any atom is -0.479 e. The number of nitrogens with zero attached hydrogens (tertiary/aromatic N) is 3. The Morgan fingerprint density at radius 2 is 1.89 bits per heavy atom. The van der Waals surface area contributed by atoms with Crippen molar-refractivity contribution < 1.29 is 17.9 Å². The van der Waals surface area contributed by atoms with Crippen molar-refractivity contribution in [3.05, 3.63) is 48.2 Å². The quantitative estimate of drug-likeness (QED) is 0.303. The summed E-state index contributed by atoms with van der Waals surface area (Å²) in [5.41, 5.74) is 2.60. The van der Waals surface area contributed by atoms with E-state index in [2.05, 4.69) is 29.1 Å². The van der Waals surface area contributed by atoms with Gasteiger partial charge < -0.3 is 24.4 Å². The highest BCUT2D eigenvalue weighted by molar-refractivity contribution is 7.98. The molecule has 0 bridgehead atoms. The average Bonchev–Trinajstić information content (AvgIpc) is 3.20. The lowest BCUT2D eigenvalue weighted by Gasteiger charge is -2.30. The standard InChI is InChI=1S/C28H33F3N4OS/c1-33(2)26-18-22(37-4)10-11-27(26)36-16-6-7-21-17-23-24(32-20-12-14-34(3)15-13-20)8-5-9-25(23)35(21)19-28(29,30)31/h5,8-11,17-18,20,32H,12-16,19H2,1-4H3. The van der Waals surface area contributed by atoms with Gasteiger partial charge in [0.1, 0.15) is 18.9 Å². The van der Waals surface area contributed by atoms with E-state index in [0.717, 1.165) is 47.6 Å². The molecule has 0 atom stereocenters. The molecule has 37 heavy (non-hydrogen) atoms. The van der Waals surface area contributed by atoms with Crippen molar-refractivity contribution in [1.82, 2.24) is 9.47 Å². The van der Waals surface area contributed by atoms with Crippen LogP contribution < -0.4 is 15.0 Å². The molecule has 1 saturated heterocycles. The fraction of sp³-hybridized carbons (Fsp3) is 0.429. The lowest BCUT2D eigenvalue weighted by molar-refractivity contribution is -0.140. The summed E-state index contributed by atoms with van der Waals surface area (Å²) >= 11 is 1.64. The predicted octanol–water partition coefficient (Wildman–Crippen LogP) is 5.93. The zero-order valence-electron chi connectivity index (χ0n) is 21.7. The van der Waals surface area contributed by atoms with E-state index in [0.29, 0.717) is 23.0 Å². The number of hydrogen-bond acceptors (Lipinski definition) is 5. The van der Waals surface area contributed by atoms with Gasteiger partial charge in [0.15, 0.2) is 0 Å². The van der Waals surface area contributed by atoms with Crippen LogP contribution in [0, 0.1) is 11.8 Å². The number of thioether (sulfide) groups is 1. The van der Waals surface area contributed by atoms with E-state index < -0.39 is 12.7 Å². The second-order valence-corrected chi connectivity index (χ2v) is 10.4. The fourth-order valence-corrected chi connectivity index (χ4v) is 5.01. The summed E-state index contributed by atoms with van der Waals surface area (Å²) in [5, 5.41) is 4.31. The third-order valence-electron chi connectivity index (χ3n) is 6.53. The minimum absolute atomic E-state index is 0.0632. The Bertz CT molecular complexity index is 1280. The first-order chi connectivity index (χ1) is 17.6. The van der Waals surface area contributed by atoms with Crippen molar-refractivity contribution in [3.8, 4) is 17.6 Å². The molecule has 198 valence electrons. The number of benzene rings is 2. The van der Waals surface area contributed by atoms with Crippen molar-refractivity contribution in [2.24, 2.45) is 0 Å². The third-order valence-corrected chi connectivity index (χ3v) is 7.25. The van der Waals surface area contributed by atoms with Gasteiger partial charge in [-0.2, -0.15) is 13.2 Å². The molecule has 1 fully saturated rings. The Morgan fingerprint density at radius 1 is 1.14 bits per heavy atom. The monoisotopic (exact) mass is 530 g/mol. The van der Waals surface area contributed by atoms with Crippen LogP contribution in [0.4, 0.5) is 24.5 Å². The molecule has 0 unspecified atom stereocenters. The van der Waals surface area contributed by atoms with Gasteiger partial charge in [0, 0.05) is 36.1 Å². The summed E-state index contributed by atoms with van der Waals surface area (Å²) < 4.78 is 47.7. The van der Waals surface area contributed by atoms with Gasteiger partial charge in [0.2, 0.25) is 0 Å². The van der Waals surface area contributed by atoms with Crippen LogP contribution in [-0.4, -0.2) is 68.8 Å². The van der Waals surface area contributed by atoms with E-state index in [-0.39, 0.29) is 6.61 Å². The number of halogens is 3. The molecule has 0 saturated carbocycles. The summed E-state index contributed by atoms with van der Waals surface area (Å²) in [5.74, 6) is 6.55. The van der Waals surface area contributed by atoms with Gasteiger partial charge in [0.05, 0.1) is 16.9 Å². The Hall–Kier alpha value is -2.96. The first kappa shape index (κ1) is 27.1. The highest BCUT2D eigenvalue weighted by Crippen LogP contribution is 2.32. The van der Waals surface area contributed by atoms with Crippen LogP contribution in [0.25, 0.3) is 10.9 Å². The van der Waals surface area contributed by atoms with Crippen LogP contribution in [0.15, 0.2) is 47.4 Å². The minimum atomic E-state index is -4.37. The van der Waals surface area contributed by atoms with Gasteiger partial charge >= 0.3 is 6.18 Å². The van der Waals surface area contributed by atoms with Crippen molar-refractivity contribution in [2.45, 2.75) is 36.5 Å². The van der Waals surface area contributed by atoms with Crippen molar-refractivity contribution >= 4 is 34.0 Å². The topological polar surface area (TPSA) is 32.7 Å². The number of rotatable bonds is 7. The Labute approximate surface area is 220 Å². The van der Waals surface area contributed by atoms with Crippen LogP contribution >= 0.6 is 11.8 Å². The Kier molecular flexibility index (Phi) is 8.50. The van der Waals surface area contributed by atoms with Crippen LogP contribution in [-0.2, 0) is 6.54 Å². The number of hydrogen-bond donors (Lipinski definition) is 1. The molecule has 1 aromatic heterocycles. The number of nitrogens with one attached hydrogen (secondary N) is 1. The van der Waals surface area contributed by atoms with Crippen LogP contribution in [0.5, 0.6) is 5.75 Å². The highest BCUT2D eigenvalue weighted by atomic mass is 32.2. The molecular formula is C28H33F3N4OS. The van der Waals surface area contributed by atoms with E-state index in [1.807, 2.05) is 49.5 Å². The van der Waals surface area contributed by atoms with E-state index in [1.165, 1.54) is 4.57 Å². The van der Waals surface area contributed by atoms with Crippen LogP contribution in [0.1, 0.15) is 18.5 Å². The molecule has 9 heteroatoms. The van der Waals surface area contributed by atoms with Crippen LogP contribution in [0.3, 0.4) is 0 Å². The fourth-order valence-electron chi connectivity index (χ4n) is 4.57. The van der Waals surface area contributed by atoms with Gasteiger partial charge in [-0.05, 0) is 81.6 Å². The van der Waals surface area contributed by atoms with E-state index in [9.17, 15) is 13.2 Å². The maximum absolute atomic E-state index is 13.5. The molecule has 1 aliphatic rings. The van der Waals surface area contributed by atoms with E-state index in [1.54, 1.807) is 30.0 Å². The number of piperidine rings is 1. The second-order valence-electron chi connectivity index (χ2n) is 9.51. The third kappa shape index (κ3) is 6.88. The normalized spacial score (nSPS) is 14.9. The Balaban J connectivity index is 1.59. The van der Waals surface area contributed by atoms with Gasteiger partial charge in [-0.1, -0.05) is 12.0 Å². The summed E-state index contributed by atoms with van der Waals surface area (Å²) in [4.78, 5) is 5.36. The average molecular weight is 531 g/mol. The SMILES string of the molecule is CSc1ccc(OCC#Cc2cc3c(NC4CCN(C)CC4)cccc3n2CC(F)(F)F)c(N(C)C)c1. The lowest BCUT2D eigenvalue weighted by Crippen LogP contribution is -2.36. The second kappa shape index (κ2) is 11.6. The number of ether oxygens (including phenoxy) is 1. The predicted molar refractivity (Wildman–Crippen MR) is 147 cm³/mol. The summed E-state index contributed by atoms with van der Waals surface area (Å²) in [7, 11) is 5.97. The molecule has 1 aliphatic heterocycles. The van der Waals surface area contributed by atoms with E-state index >= 15 is 0 Å². The molecule has 2 heterocycles. The smallest absolute Gasteiger partial charge is 0.406 e. The van der Waals surface area contributed by atoms with E-state index in [4.69, 9.17) is 4.74 Å². The number of fused-ring (bicyclic) bond motifs is 1. The maximum atomic E-state index is 13.5. The number of aromatic nitrogens is 1. The molecule has 4 rings (SSSR count). The molecule has 0 radical (unpaired) electrons. The first-order valence-corrected chi connectivity index (χ1v) is 13.5. The molecule has 0 amide bonds. The first-order valence-electron chi connectivity index (χ1n) is 12.3. The van der Waals surface area contributed by atoms with Gasteiger partial charge in [-0.3, -0.25) is 0 Å². The maximum Gasteiger partial charge on any atom is 0.406 e. The molecule has 5 nitrogen and oxygen atoms in total. The molecule has 0 spiro atoms. The zero-order valence-corrected chi connectivity index (χ0v) is 22.5. The molecule has 3 aromatic rings. The van der Waals surface area contributed by atoms with Crippen molar-refractivity contribution in [3.63, 3.8) is 0 Å². The number of anilines is 2. The molecule has 0 aliphatic carbocycles. The molecular weight excluding hydrogens is 497 g/mol. The molecule has 1 N–H and O–H groups in total. The van der Waals surface area contributed by atoms with Gasteiger partial charge in [-0.25, -0.2) is 0 Å². The number of alkyl halides is 3. The number of likely N-dealkylation sites (tertiary alicyclic amines) is 1. The van der Waals surface area contributed by atoms with Crippen molar-refractivity contribution in [2.75, 3.05) is 57.3 Å². The summed E-state index contributed by atoms with van der Waals surface area (Å²) in [6.45, 7) is 0.956. The van der Waals surface area contributed by atoms with Gasteiger partial charge in [0.25, 0.3) is 0 Å². The summed E-state index contributed by atoms with van der Waals surface area (Å²) in [6.07, 6.45) is -0.370. The van der Waals surface area contributed by atoms with Gasteiger partial charge in [-0.15, -0.1) is 11.8 Å². The molecule has 2 aromatic carbocycles. The van der Waals surface area contributed by atoms with Crippen LogP contribution in [0.2, 0.25) is 0 Å². The zero-order chi connectivity index (χ0) is 26.6. The Morgan fingerprint density at radius 3 is 2.57 bits per heavy atom. The highest BCUT2D eigenvalue weighted by Gasteiger charge is 2.30.